The fourth-order valence-electron chi connectivity index (χ4n) is 3.63. The molecule has 0 aliphatic carbocycles. The van der Waals surface area contributed by atoms with E-state index in [0.29, 0.717) is 37.3 Å². The molecule has 1 aliphatic heterocycles. The van der Waals surface area contributed by atoms with Crippen LogP contribution in [0.4, 0.5) is 18.9 Å². The molecule has 1 aromatic carbocycles. The zero-order valence-corrected chi connectivity index (χ0v) is 16.9. The molecule has 2 amide bonds. The summed E-state index contributed by atoms with van der Waals surface area (Å²) in [5, 5.41) is 9.48. The summed E-state index contributed by atoms with van der Waals surface area (Å²) in [4.78, 5) is 30.9. The third-order valence-corrected chi connectivity index (χ3v) is 5.39. The summed E-state index contributed by atoms with van der Waals surface area (Å²) in [5.74, 6) is -0.949. The molecule has 32 heavy (non-hydrogen) atoms. The standard InChI is InChI=1S/C22H20F3N5O2/c23-22(24,25)16-2-1-3-17(12-16)27-20(31)15-6-10-30(11-7-15)21(32)19-13-18(28-29-19)14-4-8-26-9-5-14/h1-5,8-9,12-13,15H,6-7,10-11H2,(H,27,31)(H,28,29). The predicted octanol–water partition coefficient (Wildman–Crippen LogP) is 3.98. The maximum atomic E-state index is 12.9. The highest BCUT2D eigenvalue weighted by Gasteiger charge is 2.31. The zero-order valence-electron chi connectivity index (χ0n) is 16.9. The topological polar surface area (TPSA) is 91.0 Å². The van der Waals surface area contributed by atoms with Crippen molar-refractivity contribution < 1.29 is 22.8 Å². The first-order valence-electron chi connectivity index (χ1n) is 10.0. The van der Waals surface area contributed by atoms with Gasteiger partial charge in [-0.05, 0) is 49.2 Å². The first-order valence-corrected chi connectivity index (χ1v) is 10.0. The first-order chi connectivity index (χ1) is 15.3. The molecule has 3 aromatic rings. The number of benzene rings is 1. The summed E-state index contributed by atoms with van der Waals surface area (Å²) in [5.41, 5.74) is 1.10. The lowest BCUT2D eigenvalue weighted by atomic mass is 9.95. The molecule has 0 atom stereocenters. The number of aromatic nitrogens is 3. The fraction of sp³-hybridized carbons (Fsp3) is 0.273. The average Bonchev–Trinajstić information content (AvgIpc) is 3.29. The number of hydrogen-bond donors (Lipinski definition) is 2. The normalized spacial score (nSPS) is 14.9. The monoisotopic (exact) mass is 443 g/mol. The Balaban J connectivity index is 1.34. The average molecular weight is 443 g/mol. The Morgan fingerprint density at radius 2 is 1.78 bits per heavy atom. The van der Waals surface area contributed by atoms with Gasteiger partial charge in [-0.3, -0.25) is 19.7 Å². The SMILES string of the molecule is O=C(Nc1cccc(C(F)(F)F)c1)C1CCN(C(=O)c2cc(-c3ccncc3)n[nH]2)CC1. The second kappa shape index (κ2) is 8.81. The van der Waals surface area contributed by atoms with Crippen molar-refractivity contribution in [3.05, 3.63) is 66.1 Å². The maximum absolute atomic E-state index is 12.9. The van der Waals surface area contributed by atoms with Crippen LogP contribution < -0.4 is 5.32 Å². The second-order valence-electron chi connectivity index (χ2n) is 7.54. The summed E-state index contributed by atoms with van der Waals surface area (Å²) in [7, 11) is 0. The first kappa shape index (κ1) is 21.5. The van der Waals surface area contributed by atoms with E-state index in [1.165, 1.54) is 12.1 Å². The number of piperidine rings is 1. The number of alkyl halides is 3. The molecule has 4 rings (SSSR count). The molecule has 0 unspecified atom stereocenters. The Hall–Kier alpha value is -3.69. The molecule has 3 heterocycles. The number of nitrogens with zero attached hydrogens (tertiary/aromatic N) is 3. The smallest absolute Gasteiger partial charge is 0.337 e. The van der Waals surface area contributed by atoms with Gasteiger partial charge in [0.1, 0.15) is 5.69 Å². The molecule has 0 saturated carbocycles. The van der Waals surface area contributed by atoms with Crippen LogP contribution in [-0.2, 0) is 11.0 Å². The Bertz CT molecular complexity index is 1110. The Morgan fingerprint density at radius 3 is 2.47 bits per heavy atom. The van der Waals surface area contributed by atoms with Crippen LogP contribution in [0.1, 0.15) is 28.9 Å². The highest BCUT2D eigenvalue weighted by atomic mass is 19.4. The van der Waals surface area contributed by atoms with Gasteiger partial charge >= 0.3 is 6.18 Å². The Labute approximate surface area is 181 Å². The van der Waals surface area contributed by atoms with E-state index in [9.17, 15) is 22.8 Å². The van der Waals surface area contributed by atoms with Crippen molar-refractivity contribution in [1.82, 2.24) is 20.1 Å². The molecule has 0 spiro atoms. The van der Waals surface area contributed by atoms with E-state index in [4.69, 9.17) is 0 Å². The quantitative estimate of drug-likeness (QED) is 0.638. The number of pyridine rings is 1. The van der Waals surface area contributed by atoms with Crippen molar-refractivity contribution >= 4 is 17.5 Å². The summed E-state index contributed by atoms with van der Waals surface area (Å²) >= 11 is 0. The molecule has 2 N–H and O–H groups in total. The number of nitrogens with one attached hydrogen (secondary N) is 2. The largest absolute Gasteiger partial charge is 0.416 e. The number of carbonyl (C=O) groups is 2. The van der Waals surface area contributed by atoms with Gasteiger partial charge in [0.05, 0.1) is 11.3 Å². The number of aromatic amines is 1. The molecule has 1 saturated heterocycles. The molecule has 0 bridgehead atoms. The maximum Gasteiger partial charge on any atom is 0.416 e. The van der Waals surface area contributed by atoms with E-state index in [-0.39, 0.29) is 23.4 Å². The van der Waals surface area contributed by atoms with Crippen LogP contribution in [0, 0.1) is 5.92 Å². The van der Waals surface area contributed by atoms with Crippen LogP contribution in [-0.4, -0.2) is 45.0 Å². The van der Waals surface area contributed by atoms with Gasteiger partial charge in [-0.1, -0.05) is 6.07 Å². The van der Waals surface area contributed by atoms with E-state index in [0.717, 1.165) is 17.7 Å². The van der Waals surface area contributed by atoms with Gasteiger partial charge < -0.3 is 10.2 Å². The van der Waals surface area contributed by atoms with Crippen LogP contribution in [0.25, 0.3) is 11.3 Å². The molecule has 7 nitrogen and oxygen atoms in total. The lowest BCUT2D eigenvalue weighted by Gasteiger charge is -2.31. The number of carbonyl (C=O) groups excluding carboxylic acids is 2. The fourth-order valence-corrected chi connectivity index (χ4v) is 3.63. The van der Waals surface area contributed by atoms with E-state index < -0.39 is 11.7 Å². The van der Waals surface area contributed by atoms with Gasteiger partial charge in [0.25, 0.3) is 5.91 Å². The predicted molar refractivity (Wildman–Crippen MR) is 111 cm³/mol. The minimum atomic E-state index is -4.48. The van der Waals surface area contributed by atoms with Crippen molar-refractivity contribution in [2.45, 2.75) is 19.0 Å². The Morgan fingerprint density at radius 1 is 1.06 bits per heavy atom. The second-order valence-corrected chi connectivity index (χ2v) is 7.54. The lowest BCUT2D eigenvalue weighted by molar-refractivity contribution is -0.137. The van der Waals surface area contributed by atoms with Gasteiger partial charge in [0.2, 0.25) is 5.91 Å². The van der Waals surface area contributed by atoms with Crippen LogP contribution >= 0.6 is 0 Å². The molecule has 2 aromatic heterocycles. The third-order valence-electron chi connectivity index (χ3n) is 5.39. The van der Waals surface area contributed by atoms with Crippen LogP contribution in [0.3, 0.4) is 0 Å². The number of H-pyrrole nitrogens is 1. The minimum Gasteiger partial charge on any atom is -0.337 e. The van der Waals surface area contributed by atoms with Gasteiger partial charge in [-0.25, -0.2) is 0 Å². The number of hydrogen-bond acceptors (Lipinski definition) is 4. The van der Waals surface area contributed by atoms with E-state index in [2.05, 4.69) is 20.5 Å². The van der Waals surface area contributed by atoms with E-state index in [1.54, 1.807) is 35.5 Å². The van der Waals surface area contributed by atoms with Crippen LogP contribution in [0.15, 0.2) is 54.9 Å². The van der Waals surface area contributed by atoms with Crippen LogP contribution in [0.2, 0.25) is 0 Å². The van der Waals surface area contributed by atoms with Crippen molar-refractivity contribution in [2.24, 2.45) is 5.92 Å². The van der Waals surface area contributed by atoms with Crippen LogP contribution in [0.5, 0.6) is 0 Å². The van der Waals surface area contributed by atoms with E-state index >= 15 is 0 Å². The highest BCUT2D eigenvalue weighted by molar-refractivity contribution is 5.95. The van der Waals surface area contributed by atoms with Crippen molar-refractivity contribution in [2.75, 3.05) is 18.4 Å². The van der Waals surface area contributed by atoms with Gasteiger partial charge in [-0.2, -0.15) is 18.3 Å². The molecule has 166 valence electrons. The molecule has 1 aliphatic rings. The van der Waals surface area contributed by atoms with Gasteiger partial charge in [0, 0.05) is 42.7 Å². The number of amides is 2. The molecule has 1 fully saturated rings. The molecule has 10 heteroatoms. The van der Waals surface area contributed by atoms with E-state index in [1.807, 2.05) is 0 Å². The molecular formula is C22H20F3N5O2. The highest BCUT2D eigenvalue weighted by Crippen LogP contribution is 2.31. The summed E-state index contributed by atoms with van der Waals surface area (Å²) < 4.78 is 38.6. The minimum absolute atomic E-state index is 0.101. The summed E-state index contributed by atoms with van der Waals surface area (Å²) in [6, 6.07) is 9.79. The third kappa shape index (κ3) is 4.79. The number of likely N-dealkylation sites (tertiary alicyclic amines) is 1. The van der Waals surface area contributed by atoms with Gasteiger partial charge in [-0.15, -0.1) is 0 Å². The van der Waals surface area contributed by atoms with Gasteiger partial charge in [0.15, 0.2) is 0 Å². The molecule has 0 radical (unpaired) electrons. The van der Waals surface area contributed by atoms with Crippen molar-refractivity contribution in [3.63, 3.8) is 0 Å². The molecular weight excluding hydrogens is 423 g/mol. The van der Waals surface area contributed by atoms with Crippen molar-refractivity contribution in [3.8, 4) is 11.3 Å². The number of rotatable bonds is 4. The number of anilines is 1. The zero-order chi connectivity index (χ0) is 22.7. The summed E-state index contributed by atoms with van der Waals surface area (Å²) in [6.45, 7) is 0.728. The summed E-state index contributed by atoms with van der Waals surface area (Å²) in [6.07, 6.45) is -0.360. The number of halogens is 3. The van der Waals surface area contributed by atoms with Crippen molar-refractivity contribution in [1.29, 1.82) is 0 Å². The lowest BCUT2D eigenvalue weighted by Crippen LogP contribution is -2.41. The Kier molecular flexibility index (Phi) is 5.93.